The Morgan fingerprint density at radius 2 is 2.12 bits per heavy atom. The summed E-state index contributed by atoms with van der Waals surface area (Å²) in [4.78, 5) is 9.27. The number of aliphatic imine (C=N–C) groups is 1. The molecule has 2 rings (SSSR count). The fraction of sp³-hybridized carbons (Fsp3) is 0.474. The third-order valence-corrected chi connectivity index (χ3v) is 4.81. The van der Waals surface area contributed by atoms with E-state index in [1.807, 2.05) is 6.07 Å². The van der Waals surface area contributed by atoms with Crippen LogP contribution in [0.4, 0.5) is 0 Å². The van der Waals surface area contributed by atoms with Gasteiger partial charge in [0, 0.05) is 30.5 Å². The summed E-state index contributed by atoms with van der Waals surface area (Å²) in [7, 11) is 1.70. The molecular weight excluding hydrogens is 332 g/mol. The van der Waals surface area contributed by atoms with Crippen LogP contribution in [0.3, 0.4) is 0 Å². The summed E-state index contributed by atoms with van der Waals surface area (Å²) in [5, 5.41) is 10.00. The average molecular weight is 361 g/mol. The Bertz CT molecular complexity index is 696. The van der Waals surface area contributed by atoms with E-state index in [1.54, 1.807) is 18.4 Å². The SMILES string of the molecule is CCNC(=NCc1ccc(C)cc1OC)NCCc1csc(CC)n1. The molecule has 0 amide bonds. The number of nitrogens with one attached hydrogen (secondary N) is 2. The highest BCUT2D eigenvalue weighted by Gasteiger charge is 2.05. The average Bonchev–Trinajstić information content (AvgIpc) is 3.08. The molecule has 0 saturated carbocycles. The fourth-order valence-corrected chi connectivity index (χ4v) is 3.20. The van der Waals surface area contributed by atoms with Gasteiger partial charge in [-0.2, -0.15) is 0 Å². The van der Waals surface area contributed by atoms with Crippen LogP contribution in [-0.4, -0.2) is 31.1 Å². The number of nitrogens with zero attached hydrogens (tertiary/aromatic N) is 2. The van der Waals surface area contributed by atoms with Crippen LogP contribution in [0.25, 0.3) is 0 Å². The number of guanidine groups is 1. The van der Waals surface area contributed by atoms with Gasteiger partial charge in [0.15, 0.2) is 5.96 Å². The second kappa shape index (κ2) is 10.0. The van der Waals surface area contributed by atoms with Crippen LogP contribution in [0.5, 0.6) is 5.75 Å². The molecule has 136 valence electrons. The van der Waals surface area contributed by atoms with Crippen LogP contribution in [0.15, 0.2) is 28.6 Å². The Morgan fingerprint density at radius 1 is 1.28 bits per heavy atom. The van der Waals surface area contributed by atoms with Crippen LogP contribution in [0, 0.1) is 6.92 Å². The summed E-state index contributed by atoms with van der Waals surface area (Å²) < 4.78 is 5.45. The number of aryl methyl sites for hydroxylation is 2. The second-order valence-corrected chi connectivity index (χ2v) is 6.72. The van der Waals surface area contributed by atoms with E-state index >= 15 is 0 Å². The monoisotopic (exact) mass is 360 g/mol. The summed E-state index contributed by atoms with van der Waals surface area (Å²) in [6, 6.07) is 6.20. The van der Waals surface area contributed by atoms with E-state index < -0.39 is 0 Å². The van der Waals surface area contributed by atoms with Gasteiger partial charge in [-0.25, -0.2) is 9.98 Å². The minimum absolute atomic E-state index is 0.579. The first-order valence-corrected chi connectivity index (χ1v) is 9.63. The summed E-state index contributed by atoms with van der Waals surface area (Å²) in [6.07, 6.45) is 1.90. The number of thiazole rings is 1. The predicted octanol–water partition coefficient (Wildman–Crippen LogP) is 3.32. The first-order chi connectivity index (χ1) is 12.2. The first kappa shape index (κ1) is 19.2. The lowest BCUT2D eigenvalue weighted by atomic mass is 10.1. The molecule has 2 aromatic rings. The van der Waals surface area contributed by atoms with Crippen molar-refractivity contribution >= 4 is 17.3 Å². The van der Waals surface area contributed by atoms with E-state index in [-0.39, 0.29) is 0 Å². The maximum absolute atomic E-state index is 5.45. The Kier molecular flexibility index (Phi) is 7.73. The lowest BCUT2D eigenvalue weighted by Gasteiger charge is -2.12. The molecule has 0 aliphatic heterocycles. The van der Waals surface area contributed by atoms with E-state index in [9.17, 15) is 0 Å². The third-order valence-electron chi connectivity index (χ3n) is 3.77. The third kappa shape index (κ3) is 6.05. The molecule has 0 spiro atoms. The van der Waals surface area contributed by atoms with Gasteiger partial charge in [0.05, 0.1) is 24.4 Å². The number of benzene rings is 1. The molecule has 5 nitrogen and oxygen atoms in total. The molecule has 0 atom stereocenters. The maximum atomic E-state index is 5.45. The number of ether oxygens (including phenoxy) is 1. The summed E-state index contributed by atoms with van der Waals surface area (Å²) in [5.74, 6) is 1.70. The largest absolute Gasteiger partial charge is 0.496 e. The van der Waals surface area contributed by atoms with Crippen LogP contribution in [0.1, 0.15) is 35.7 Å². The molecule has 0 aliphatic rings. The Hall–Kier alpha value is -2.08. The van der Waals surface area contributed by atoms with Gasteiger partial charge in [-0.1, -0.05) is 19.1 Å². The topological polar surface area (TPSA) is 58.5 Å². The van der Waals surface area contributed by atoms with Gasteiger partial charge in [0.1, 0.15) is 5.75 Å². The molecule has 0 aliphatic carbocycles. The Labute approximate surface area is 154 Å². The molecule has 0 unspecified atom stereocenters. The lowest BCUT2D eigenvalue weighted by Crippen LogP contribution is -2.38. The molecule has 6 heteroatoms. The number of methoxy groups -OCH3 is 1. The van der Waals surface area contributed by atoms with Crippen molar-refractivity contribution in [3.8, 4) is 5.75 Å². The van der Waals surface area contributed by atoms with Crippen molar-refractivity contribution in [3.05, 3.63) is 45.4 Å². The molecule has 1 heterocycles. The van der Waals surface area contributed by atoms with Gasteiger partial charge >= 0.3 is 0 Å². The predicted molar refractivity (Wildman–Crippen MR) is 106 cm³/mol. The molecule has 1 aromatic heterocycles. The highest BCUT2D eigenvalue weighted by molar-refractivity contribution is 7.09. The zero-order valence-electron chi connectivity index (χ0n) is 15.6. The summed E-state index contributed by atoms with van der Waals surface area (Å²) in [5.41, 5.74) is 3.41. The number of hydrogen-bond acceptors (Lipinski definition) is 4. The van der Waals surface area contributed by atoms with Crippen molar-refractivity contribution in [2.75, 3.05) is 20.2 Å². The van der Waals surface area contributed by atoms with Gasteiger partial charge in [-0.15, -0.1) is 11.3 Å². The van der Waals surface area contributed by atoms with E-state index in [1.165, 1.54) is 10.6 Å². The number of hydrogen-bond donors (Lipinski definition) is 2. The maximum Gasteiger partial charge on any atom is 0.191 e. The molecule has 1 aromatic carbocycles. The van der Waals surface area contributed by atoms with Crippen LogP contribution in [-0.2, 0) is 19.4 Å². The van der Waals surface area contributed by atoms with Crippen LogP contribution >= 0.6 is 11.3 Å². The molecule has 0 bridgehead atoms. The number of aromatic nitrogens is 1. The minimum Gasteiger partial charge on any atom is -0.496 e. The van der Waals surface area contributed by atoms with Crippen LogP contribution < -0.4 is 15.4 Å². The van der Waals surface area contributed by atoms with Crippen molar-refractivity contribution in [2.45, 2.75) is 40.2 Å². The first-order valence-electron chi connectivity index (χ1n) is 8.75. The van der Waals surface area contributed by atoms with Crippen LogP contribution in [0.2, 0.25) is 0 Å². The molecule has 0 radical (unpaired) electrons. The second-order valence-electron chi connectivity index (χ2n) is 5.77. The van der Waals surface area contributed by atoms with Gasteiger partial charge in [0.25, 0.3) is 0 Å². The van der Waals surface area contributed by atoms with Gasteiger partial charge in [-0.05, 0) is 31.9 Å². The fourth-order valence-electron chi connectivity index (χ4n) is 2.42. The zero-order chi connectivity index (χ0) is 18.1. The molecule has 25 heavy (non-hydrogen) atoms. The highest BCUT2D eigenvalue weighted by Crippen LogP contribution is 2.20. The molecule has 0 saturated heterocycles. The van der Waals surface area contributed by atoms with Gasteiger partial charge in [-0.3, -0.25) is 0 Å². The van der Waals surface area contributed by atoms with Crippen molar-refractivity contribution in [3.63, 3.8) is 0 Å². The van der Waals surface area contributed by atoms with Crippen molar-refractivity contribution in [2.24, 2.45) is 4.99 Å². The Balaban J connectivity index is 1.93. The van der Waals surface area contributed by atoms with Crippen molar-refractivity contribution in [1.82, 2.24) is 15.6 Å². The summed E-state index contributed by atoms with van der Waals surface area (Å²) >= 11 is 1.73. The quantitative estimate of drug-likeness (QED) is 0.560. The highest BCUT2D eigenvalue weighted by atomic mass is 32.1. The normalized spacial score (nSPS) is 11.4. The van der Waals surface area contributed by atoms with Gasteiger partial charge in [0.2, 0.25) is 0 Å². The molecular formula is C19H28N4OS. The number of rotatable bonds is 8. The zero-order valence-corrected chi connectivity index (χ0v) is 16.4. The van der Waals surface area contributed by atoms with E-state index in [0.717, 1.165) is 48.9 Å². The van der Waals surface area contributed by atoms with Gasteiger partial charge < -0.3 is 15.4 Å². The Morgan fingerprint density at radius 3 is 2.80 bits per heavy atom. The van der Waals surface area contributed by atoms with E-state index in [4.69, 9.17) is 4.74 Å². The standard InChI is InChI=1S/C19H28N4OS/c1-5-18-23-16(13-25-18)9-10-21-19(20-6-2)22-12-15-8-7-14(3)11-17(15)24-4/h7-8,11,13H,5-6,9-10,12H2,1-4H3,(H2,20,21,22). The minimum atomic E-state index is 0.579. The smallest absolute Gasteiger partial charge is 0.191 e. The summed E-state index contributed by atoms with van der Waals surface area (Å²) in [6.45, 7) is 8.48. The lowest BCUT2D eigenvalue weighted by molar-refractivity contribution is 0.409. The van der Waals surface area contributed by atoms with Crippen molar-refractivity contribution in [1.29, 1.82) is 0 Å². The molecule has 0 fully saturated rings. The molecule has 2 N–H and O–H groups in total. The van der Waals surface area contributed by atoms with E-state index in [0.29, 0.717) is 6.54 Å². The van der Waals surface area contributed by atoms with E-state index in [2.05, 4.69) is 58.9 Å². The van der Waals surface area contributed by atoms with Crippen molar-refractivity contribution < 1.29 is 4.74 Å².